The largest absolute Gasteiger partial charge is 0.349 e. The molecule has 108 valence electrons. The first kappa shape index (κ1) is 13.4. The van der Waals surface area contributed by atoms with E-state index in [0.29, 0.717) is 18.0 Å². The van der Waals surface area contributed by atoms with Crippen LogP contribution in [0.4, 0.5) is 5.82 Å². The number of rotatable bonds is 2. The molecule has 0 bridgehead atoms. The van der Waals surface area contributed by atoms with Gasteiger partial charge >= 0.3 is 0 Å². The molecule has 0 aliphatic carbocycles. The first-order valence-corrected chi connectivity index (χ1v) is 7.40. The van der Waals surface area contributed by atoms with Crippen molar-refractivity contribution in [2.45, 2.75) is 45.7 Å². The van der Waals surface area contributed by atoms with E-state index in [-0.39, 0.29) is 0 Å². The second-order valence-corrected chi connectivity index (χ2v) is 6.12. The van der Waals surface area contributed by atoms with E-state index in [4.69, 9.17) is 0 Å². The monoisotopic (exact) mass is 273 g/mol. The van der Waals surface area contributed by atoms with Gasteiger partial charge in [0.25, 0.3) is 0 Å². The number of fused-ring (bicyclic) bond motifs is 1. The molecule has 0 amide bonds. The summed E-state index contributed by atoms with van der Waals surface area (Å²) in [7, 11) is 0. The highest BCUT2D eigenvalue weighted by atomic mass is 15.3. The number of aromatic nitrogens is 3. The van der Waals surface area contributed by atoms with Crippen LogP contribution in [0.25, 0.3) is 5.52 Å². The van der Waals surface area contributed by atoms with Crippen molar-refractivity contribution in [3.8, 4) is 0 Å². The summed E-state index contributed by atoms with van der Waals surface area (Å²) in [4.78, 5) is 7.02. The molecule has 0 saturated carbocycles. The molecular weight excluding hydrogens is 250 g/mol. The average molecular weight is 273 g/mol. The first-order valence-electron chi connectivity index (χ1n) is 7.40. The third kappa shape index (κ3) is 2.26. The number of nitrogens with zero attached hydrogens (tertiary/aromatic N) is 4. The van der Waals surface area contributed by atoms with Crippen LogP contribution >= 0.6 is 0 Å². The Kier molecular flexibility index (Phi) is 3.38. The fourth-order valence-electron chi connectivity index (χ4n) is 2.75. The van der Waals surface area contributed by atoms with E-state index in [1.54, 1.807) is 0 Å². The zero-order valence-corrected chi connectivity index (χ0v) is 12.7. The standard InChI is InChI=1S/C15H23N5/c1-10(2)13-7-14-15(16-5-6-20(14)18-13)19-9-11(3)17-8-12(19)4/h5-7,10-12,17H,8-9H2,1-4H3. The van der Waals surface area contributed by atoms with Crippen molar-refractivity contribution in [1.29, 1.82) is 0 Å². The van der Waals surface area contributed by atoms with Gasteiger partial charge < -0.3 is 10.2 Å². The van der Waals surface area contributed by atoms with Crippen molar-refractivity contribution in [2.75, 3.05) is 18.0 Å². The Labute approximate surface area is 120 Å². The molecular formula is C15H23N5. The molecule has 0 aromatic carbocycles. The van der Waals surface area contributed by atoms with Crippen molar-refractivity contribution >= 4 is 11.3 Å². The predicted octanol–water partition coefficient (Wildman–Crippen LogP) is 2.04. The Morgan fingerprint density at radius 1 is 1.35 bits per heavy atom. The van der Waals surface area contributed by atoms with Gasteiger partial charge in [0.1, 0.15) is 5.52 Å². The van der Waals surface area contributed by atoms with Gasteiger partial charge in [-0.05, 0) is 25.8 Å². The van der Waals surface area contributed by atoms with Crippen LogP contribution in [0.3, 0.4) is 0 Å². The molecule has 1 fully saturated rings. The lowest BCUT2D eigenvalue weighted by Crippen LogP contribution is -2.54. The minimum Gasteiger partial charge on any atom is -0.349 e. The Morgan fingerprint density at radius 2 is 2.15 bits per heavy atom. The third-order valence-corrected chi connectivity index (χ3v) is 4.02. The van der Waals surface area contributed by atoms with Crippen molar-refractivity contribution in [2.24, 2.45) is 0 Å². The fourth-order valence-corrected chi connectivity index (χ4v) is 2.75. The Bertz CT molecular complexity index is 603. The summed E-state index contributed by atoms with van der Waals surface area (Å²) in [6.07, 6.45) is 3.78. The van der Waals surface area contributed by atoms with E-state index in [1.165, 1.54) is 0 Å². The summed E-state index contributed by atoms with van der Waals surface area (Å²) < 4.78 is 1.96. The van der Waals surface area contributed by atoms with Crippen LogP contribution in [0.2, 0.25) is 0 Å². The van der Waals surface area contributed by atoms with E-state index < -0.39 is 0 Å². The summed E-state index contributed by atoms with van der Waals surface area (Å²) >= 11 is 0. The fraction of sp³-hybridized carbons (Fsp3) is 0.600. The molecule has 2 atom stereocenters. The van der Waals surface area contributed by atoms with Crippen LogP contribution in [-0.4, -0.2) is 39.8 Å². The van der Waals surface area contributed by atoms with Crippen molar-refractivity contribution < 1.29 is 0 Å². The molecule has 0 spiro atoms. The Balaban J connectivity index is 2.06. The zero-order valence-electron chi connectivity index (χ0n) is 12.7. The second kappa shape index (κ2) is 5.05. The second-order valence-electron chi connectivity index (χ2n) is 6.12. The number of hydrogen-bond donors (Lipinski definition) is 1. The summed E-state index contributed by atoms with van der Waals surface area (Å²) in [5, 5.41) is 8.16. The normalized spacial score (nSPS) is 23.8. The van der Waals surface area contributed by atoms with Crippen molar-refractivity contribution in [3.63, 3.8) is 0 Å². The van der Waals surface area contributed by atoms with Crippen LogP contribution < -0.4 is 10.2 Å². The highest BCUT2D eigenvalue weighted by Crippen LogP contribution is 2.25. The van der Waals surface area contributed by atoms with E-state index in [0.717, 1.165) is 30.1 Å². The lowest BCUT2D eigenvalue weighted by molar-refractivity contribution is 0.423. The van der Waals surface area contributed by atoms with Gasteiger partial charge in [-0.25, -0.2) is 9.50 Å². The van der Waals surface area contributed by atoms with E-state index >= 15 is 0 Å². The van der Waals surface area contributed by atoms with Gasteiger partial charge in [-0.15, -0.1) is 0 Å². The molecule has 3 rings (SSSR count). The van der Waals surface area contributed by atoms with Crippen molar-refractivity contribution in [1.82, 2.24) is 19.9 Å². The molecule has 1 N–H and O–H groups in total. The molecule has 0 radical (unpaired) electrons. The molecule has 1 aliphatic heterocycles. The predicted molar refractivity (Wildman–Crippen MR) is 81.3 cm³/mol. The van der Waals surface area contributed by atoms with Gasteiger partial charge in [-0.2, -0.15) is 5.10 Å². The molecule has 5 nitrogen and oxygen atoms in total. The highest BCUT2D eigenvalue weighted by molar-refractivity contribution is 5.70. The quantitative estimate of drug-likeness (QED) is 0.909. The Hall–Kier alpha value is -1.62. The highest BCUT2D eigenvalue weighted by Gasteiger charge is 2.25. The summed E-state index contributed by atoms with van der Waals surface area (Å²) in [6, 6.07) is 3.11. The van der Waals surface area contributed by atoms with E-state index in [2.05, 4.69) is 54.1 Å². The molecule has 2 aromatic rings. The van der Waals surface area contributed by atoms with Gasteiger partial charge in [-0.1, -0.05) is 13.8 Å². The van der Waals surface area contributed by atoms with Gasteiger partial charge in [0.05, 0.1) is 5.69 Å². The summed E-state index contributed by atoms with van der Waals surface area (Å²) in [5.41, 5.74) is 2.23. The summed E-state index contributed by atoms with van der Waals surface area (Å²) in [6.45, 7) is 10.8. The van der Waals surface area contributed by atoms with Crippen LogP contribution in [0.5, 0.6) is 0 Å². The van der Waals surface area contributed by atoms with E-state index in [1.807, 2.05) is 16.9 Å². The molecule has 2 unspecified atom stereocenters. The maximum absolute atomic E-state index is 4.65. The lowest BCUT2D eigenvalue weighted by Gasteiger charge is -2.38. The molecule has 3 heterocycles. The number of anilines is 1. The van der Waals surface area contributed by atoms with Crippen LogP contribution in [0.1, 0.15) is 39.3 Å². The topological polar surface area (TPSA) is 45.5 Å². The van der Waals surface area contributed by atoms with Gasteiger partial charge in [0.2, 0.25) is 0 Å². The molecule has 20 heavy (non-hydrogen) atoms. The average Bonchev–Trinajstić information content (AvgIpc) is 2.85. The first-order chi connectivity index (χ1) is 9.56. The smallest absolute Gasteiger partial charge is 0.155 e. The lowest BCUT2D eigenvalue weighted by atomic mass is 10.1. The van der Waals surface area contributed by atoms with Gasteiger partial charge in [0, 0.05) is 37.6 Å². The molecule has 5 heteroatoms. The molecule has 1 aliphatic rings. The number of hydrogen-bond acceptors (Lipinski definition) is 4. The Morgan fingerprint density at radius 3 is 2.90 bits per heavy atom. The van der Waals surface area contributed by atoms with Crippen LogP contribution in [-0.2, 0) is 0 Å². The third-order valence-electron chi connectivity index (χ3n) is 4.02. The SMILES string of the molecule is CC1CN(c2nccn3nc(C(C)C)cc23)C(C)CN1. The molecule has 2 aromatic heterocycles. The van der Waals surface area contributed by atoms with Crippen molar-refractivity contribution in [3.05, 3.63) is 24.2 Å². The minimum atomic E-state index is 0.433. The van der Waals surface area contributed by atoms with Crippen LogP contribution in [0.15, 0.2) is 18.5 Å². The van der Waals surface area contributed by atoms with Gasteiger partial charge in [-0.3, -0.25) is 0 Å². The number of piperazine rings is 1. The van der Waals surface area contributed by atoms with Gasteiger partial charge in [0.15, 0.2) is 5.82 Å². The maximum Gasteiger partial charge on any atom is 0.155 e. The van der Waals surface area contributed by atoms with E-state index in [9.17, 15) is 0 Å². The number of nitrogens with one attached hydrogen (secondary N) is 1. The molecule has 1 saturated heterocycles. The summed E-state index contributed by atoms with van der Waals surface area (Å²) in [5.74, 6) is 1.48. The van der Waals surface area contributed by atoms with Crippen LogP contribution in [0, 0.1) is 0 Å². The minimum absolute atomic E-state index is 0.433. The zero-order chi connectivity index (χ0) is 14.3. The maximum atomic E-state index is 4.65.